The first kappa shape index (κ1) is 16.5. The van der Waals surface area contributed by atoms with Crippen molar-refractivity contribution >= 4 is 22.8 Å². The van der Waals surface area contributed by atoms with Crippen LogP contribution >= 0.6 is 11.3 Å². The third-order valence-corrected chi connectivity index (χ3v) is 4.71. The molecule has 0 aliphatic heterocycles. The number of nitrogens with zero attached hydrogens (tertiary/aromatic N) is 4. The lowest BCUT2D eigenvalue weighted by Crippen LogP contribution is -2.06. The fraction of sp³-hybridized carbons (Fsp3) is 0.211. The summed E-state index contributed by atoms with van der Waals surface area (Å²) in [4.78, 5) is 0. The molecule has 0 unspecified atom stereocenters. The number of ether oxygens (including phenoxy) is 1. The van der Waals surface area contributed by atoms with Gasteiger partial charge in [-0.3, -0.25) is 0 Å². The van der Waals surface area contributed by atoms with Crippen molar-refractivity contribution < 1.29 is 4.74 Å². The molecule has 6 nitrogen and oxygen atoms in total. The highest BCUT2D eigenvalue weighted by molar-refractivity contribution is 7.08. The second-order valence-electron chi connectivity index (χ2n) is 5.92. The Kier molecular flexibility index (Phi) is 4.53. The van der Waals surface area contributed by atoms with Crippen molar-refractivity contribution in [3.8, 4) is 17.1 Å². The van der Waals surface area contributed by atoms with Gasteiger partial charge in [0.05, 0.1) is 6.61 Å². The van der Waals surface area contributed by atoms with E-state index in [0.29, 0.717) is 13.2 Å². The highest BCUT2D eigenvalue weighted by atomic mass is 32.1. The molecule has 0 bridgehead atoms. The predicted molar refractivity (Wildman–Crippen MR) is 104 cm³/mol. The zero-order valence-corrected chi connectivity index (χ0v) is 15.5. The Labute approximate surface area is 155 Å². The maximum absolute atomic E-state index is 5.75. The first-order valence-electron chi connectivity index (χ1n) is 8.46. The van der Waals surface area contributed by atoms with Crippen LogP contribution in [0.1, 0.15) is 18.1 Å². The summed E-state index contributed by atoms with van der Waals surface area (Å²) in [6.07, 6.45) is 0. The fourth-order valence-corrected chi connectivity index (χ4v) is 3.37. The van der Waals surface area contributed by atoms with Crippen LogP contribution in [0, 0.1) is 6.92 Å². The summed E-state index contributed by atoms with van der Waals surface area (Å²) in [6, 6.07) is 12.1. The molecule has 1 N–H and O–H groups in total. The summed E-state index contributed by atoms with van der Waals surface area (Å²) in [5.41, 5.74) is 4.02. The molecule has 0 amide bonds. The molecule has 4 rings (SSSR count). The van der Waals surface area contributed by atoms with E-state index in [1.165, 1.54) is 5.56 Å². The number of hydrogen-bond acceptors (Lipinski definition) is 6. The van der Waals surface area contributed by atoms with Crippen LogP contribution in [0.4, 0.5) is 5.82 Å². The number of aryl methyl sites for hydroxylation is 1. The average Bonchev–Trinajstić information content (AvgIpc) is 3.30. The van der Waals surface area contributed by atoms with Gasteiger partial charge in [0.25, 0.3) is 0 Å². The number of anilines is 1. The van der Waals surface area contributed by atoms with Crippen LogP contribution in [0.3, 0.4) is 0 Å². The van der Waals surface area contributed by atoms with Crippen LogP contribution in [0.2, 0.25) is 0 Å². The van der Waals surface area contributed by atoms with Crippen LogP contribution in [0.15, 0.2) is 47.2 Å². The Morgan fingerprint density at radius 3 is 2.88 bits per heavy atom. The zero-order valence-electron chi connectivity index (χ0n) is 14.6. The first-order valence-corrected chi connectivity index (χ1v) is 9.40. The standard InChI is InChI=1S/C19H19N5OS/c1-3-25-16-10-13(2)4-5-14(16)11-20-17-6-7-18-21-22-19(24(18)23-17)15-8-9-26-12-15/h4-10,12H,3,11H2,1-2H3,(H,20,23). The molecule has 3 heterocycles. The normalized spacial score (nSPS) is 11.0. The summed E-state index contributed by atoms with van der Waals surface area (Å²) in [5, 5.41) is 20.5. The van der Waals surface area contributed by atoms with Gasteiger partial charge in [-0.2, -0.15) is 15.9 Å². The van der Waals surface area contributed by atoms with Crippen molar-refractivity contribution in [3.63, 3.8) is 0 Å². The van der Waals surface area contributed by atoms with E-state index < -0.39 is 0 Å². The molecule has 0 fully saturated rings. The summed E-state index contributed by atoms with van der Waals surface area (Å²) in [6.45, 7) is 5.33. The van der Waals surface area contributed by atoms with Gasteiger partial charge in [-0.25, -0.2) is 0 Å². The SMILES string of the molecule is CCOc1cc(C)ccc1CNc1ccc2nnc(-c3ccsc3)n2n1. The summed E-state index contributed by atoms with van der Waals surface area (Å²) in [5.74, 6) is 2.41. The highest BCUT2D eigenvalue weighted by Gasteiger charge is 2.11. The lowest BCUT2D eigenvalue weighted by Gasteiger charge is -2.12. The van der Waals surface area contributed by atoms with Gasteiger partial charge >= 0.3 is 0 Å². The molecule has 0 saturated heterocycles. The number of thiophene rings is 1. The number of aromatic nitrogens is 4. The van der Waals surface area contributed by atoms with E-state index >= 15 is 0 Å². The quantitative estimate of drug-likeness (QED) is 0.555. The van der Waals surface area contributed by atoms with Gasteiger partial charge in [0.2, 0.25) is 0 Å². The molecule has 0 radical (unpaired) electrons. The van der Waals surface area contributed by atoms with Crippen molar-refractivity contribution in [2.45, 2.75) is 20.4 Å². The summed E-state index contributed by atoms with van der Waals surface area (Å²) in [7, 11) is 0. The Hall–Kier alpha value is -2.93. The summed E-state index contributed by atoms with van der Waals surface area (Å²) >= 11 is 1.63. The molecule has 0 saturated carbocycles. The molecule has 4 aromatic rings. The monoisotopic (exact) mass is 365 g/mol. The minimum Gasteiger partial charge on any atom is -0.494 e. The maximum atomic E-state index is 5.75. The average molecular weight is 365 g/mol. The molecule has 132 valence electrons. The molecular formula is C19H19N5OS. The highest BCUT2D eigenvalue weighted by Crippen LogP contribution is 2.23. The van der Waals surface area contributed by atoms with E-state index in [4.69, 9.17) is 4.74 Å². The Balaban J connectivity index is 1.59. The van der Waals surface area contributed by atoms with Gasteiger partial charge in [0, 0.05) is 23.1 Å². The van der Waals surface area contributed by atoms with E-state index in [0.717, 1.165) is 34.2 Å². The number of hydrogen-bond donors (Lipinski definition) is 1. The first-order chi connectivity index (χ1) is 12.7. The minimum absolute atomic E-state index is 0.629. The molecular weight excluding hydrogens is 346 g/mol. The van der Waals surface area contributed by atoms with E-state index in [-0.39, 0.29) is 0 Å². The van der Waals surface area contributed by atoms with Crippen molar-refractivity contribution in [2.24, 2.45) is 0 Å². The molecule has 3 aromatic heterocycles. The van der Waals surface area contributed by atoms with Crippen LogP contribution in [0.5, 0.6) is 5.75 Å². The van der Waals surface area contributed by atoms with Crippen LogP contribution in [-0.2, 0) is 6.54 Å². The lowest BCUT2D eigenvalue weighted by molar-refractivity contribution is 0.336. The number of rotatable bonds is 6. The second kappa shape index (κ2) is 7.13. The number of nitrogens with one attached hydrogen (secondary N) is 1. The van der Waals surface area contributed by atoms with E-state index in [1.54, 1.807) is 15.9 Å². The predicted octanol–water partition coefficient (Wildman–Crippen LogP) is 4.17. The van der Waals surface area contributed by atoms with Crippen LogP contribution in [-0.4, -0.2) is 26.4 Å². The van der Waals surface area contributed by atoms with Gasteiger partial charge in [-0.15, -0.1) is 15.3 Å². The minimum atomic E-state index is 0.629. The molecule has 26 heavy (non-hydrogen) atoms. The van der Waals surface area contributed by atoms with Crippen molar-refractivity contribution in [1.82, 2.24) is 19.8 Å². The smallest absolute Gasteiger partial charge is 0.186 e. The molecule has 0 aliphatic carbocycles. The largest absolute Gasteiger partial charge is 0.494 e. The van der Waals surface area contributed by atoms with Crippen molar-refractivity contribution in [1.29, 1.82) is 0 Å². The van der Waals surface area contributed by atoms with Gasteiger partial charge in [-0.05, 0) is 49.1 Å². The molecule has 1 aromatic carbocycles. The van der Waals surface area contributed by atoms with Crippen molar-refractivity contribution in [3.05, 3.63) is 58.3 Å². The van der Waals surface area contributed by atoms with Gasteiger partial charge in [0.15, 0.2) is 11.5 Å². The Morgan fingerprint density at radius 2 is 2.08 bits per heavy atom. The number of benzene rings is 1. The molecule has 0 spiro atoms. The molecule has 0 aliphatic rings. The second-order valence-corrected chi connectivity index (χ2v) is 6.70. The maximum Gasteiger partial charge on any atom is 0.186 e. The zero-order chi connectivity index (χ0) is 17.9. The topological polar surface area (TPSA) is 64.3 Å². The van der Waals surface area contributed by atoms with Gasteiger partial charge in [0.1, 0.15) is 11.6 Å². The van der Waals surface area contributed by atoms with Gasteiger partial charge in [-0.1, -0.05) is 12.1 Å². The molecule has 7 heteroatoms. The number of fused-ring (bicyclic) bond motifs is 1. The van der Waals surface area contributed by atoms with E-state index in [9.17, 15) is 0 Å². The Morgan fingerprint density at radius 1 is 1.15 bits per heavy atom. The molecule has 0 atom stereocenters. The third-order valence-electron chi connectivity index (χ3n) is 4.02. The fourth-order valence-electron chi connectivity index (χ4n) is 2.74. The lowest BCUT2D eigenvalue weighted by atomic mass is 10.1. The van der Waals surface area contributed by atoms with Gasteiger partial charge < -0.3 is 10.1 Å². The van der Waals surface area contributed by atoms with E-state index in [2.05, 4.69) is 45.7 Å². The summed E-state index contributed by atoms with van der Waals surface area (Å²) < 4.78 is 7.51. The third kappa shape index (κ3) is 3.25. The Bertz CT molecular complexity index is 1030. The van der Waals surface area contributed by atoms with Crippen LogP contribution in [0.25, 0.3) is 17.0 Å². The van der Waals surface area contributed by atoms with E-state index in [1.807, 2.05) is 35.9 Å². The van der Waals surface area contributed by atoms with Crippen LogP contribution < -0.4 is 10.1 Å². The van der Waals surface area contributed by atoms with Crippen molar-refractivity contribution in [2.75, 3.05) is 11.9 Å².